The summed E-state index contributed by atoms with van der Waals surface area (Å²) >= 11 is 0. The standard InChI is InChI=1S/2C33H21N3.C32H19N3.C27H17N3/c1-20-19-28(26-9-6-18-34-33(26)35-20)22-14-12-21(13-15-22)23-16-17-25-24-7-2-4-10-29(24)36-30-11-5-3-8-27(30)31(23)32(25)36;1-20-16-26(25-11-7-15-34-33(25)35-20)23-18-28-24-10-5-6-12-30(24)36-31-14-13-22(21-8-3-2-4-9-21)17-27(31)29(19-23)32(28)36;1-2-9-20(10-3-1)28-19-25(24-13-8-16-33-32(24)34-28)21-17-26-22-11-4-6-14-29(22)35-30-15-7-5-12-23(30)27(18-21)31(26)35;1-16-15-22(20-9-6-14-28-27(20)29-16)18-12-13-19-17-7-2-4-10-23(17)30-24-11-5-3-8-21(24)25(18)26(19)30/h2*2-19H,1H3;1-19H;2-15H,1H3. The van der Waals surface area contributed by atoms with Gasteiger partial charge in [0, 0.05) is 155 Å². The maximum Gasteiger partial charge on any atom is 0.160 e. The van der Waals surface area contributed by atoms with Crippen LogP contribution in [0.3, 0.4) is 0 Å². The van der Waals surface area contributed by atoms with Gasteiger partial charge in [-0.2, -0.15) is 0 Å². The second-order valence-electron chi connectivity index (χ2n) is 36.1. The Kier molecular flexibility index (Phi) is 17.2. The Labute approximate surface area is 783 Å². The fraction of sp³-hybridized carbons (Fsp3) is 0.0240. The van der Waals surface area contributed by atoms with E-state index in [1.54, 1.807) is 6.20 Å². The summed E-state index contributed by atoms with van der Waals surface area (Å²) in [5.74, 6) is 0. The van der Waals surface area contributed by atoms with Gasteiger partial charge in [-0.05, 0) is 239 Å². The Morgan fingerprint density at radius 2 is 0.453 bits per heavy atom. The third-order valence-electron chi connectivity index (χ3n) is 28.3. The first-order chi connectivity index (χ1) is 67.7. The predicted octanol–water partition coefficient (Wildman–Crippen LogP) is 31.7. The maximum absolute atomic E-state index is 4.91. The van der Waals surface area contributed by atoms with Crippen LogP contribution in [0.5, 0.6) is 0 Å². The first kappa shape index (κ1) is 77.5. The van der Waals surface area contributed by atoms with Crippen LogP contribution in [-0.4, -0.2) is 57.5 Å². The summed E-state index contributed by atoms with van der Waals surface area (Å²) in [6, 6.07) is 142. The molecule has 0 saturated heterocycles. The first-order valence-corrected chi connectivity index (χ1v) is 46.6. The smallest absolute Gasteiger partial charge is 0.160 e. The van der Waals surface area contributed by atoms with Crippen LogP contribution in [0.25, 0.3) is 275 Å². The lowest BCUT2D eigenvalue weighted by atomic mass is 9.95. The molecule has 0 bridgehead atoms. The Hall–Kier alpha value is -18.3. The van der Waals surface area contributed by atoms with Crippen LogP contribution in [0.1, 0.15) is 17.1 Å². The molecule has 31 rings (SSSR count). The van der Waals surface area contributed by atoms with Crippen molar-refractivity contribution in [1.29, 1.82) is 0 Å². The molecule has 12 nitrogen and oxygen atoms in total. The monoisotopic (exact) mass is 1750 g/mol. The molecule has 0 amide bonds. The molecule has 0 spiro atoms. The summed E-state index contributed by atoms with van der Waals surface area (Å²) in [5, 5.41) is 24.9. The average Bonchev–Trinajstić information content (AvgIpc) is 1.55. The van der Waals surface area contributed by atoms with Crippen LogP contribution in [0, 0.1) is 20.8 Å². The molecular formula is C125H78N12. The lowest BCUT2D eigenvalue weighted by Gasteiger charge is -2.11. The van der Waals surface area contributed by atoms with Crippen LogP contribution in [0.4, 0.5) is 0 Å². The molecule has 137 heavy (non-hydrogen) atoms. The van der Waals surface area contributed by atoms with Crippen molar-refractivity contribution in [2.75, 3.05) is 0 Å². The summed E-state index contributed by atoms with van der Waals surface area (Å²) < 4.78 is 9.71. The van der Waals surface area contributed by atoms with E-state index in [-0.39, 0.29) is 0 Å². The highest BCUT2D eigenvalue weighted by molar-refractivity contribution is 6.31. The quantitative estimate of drug-likeness (QED) is 0.155. The van der Waals surface area contributed by atoms with E-state index >= 15 is 0 Å². The zero-order valence-corrected chi connectivity index (χ0v) is 74.7. The van der Waals surface area contributed by atoms with Crippen molar-refractivity contribution in [2.24, 2.45) is 0 Å². The number of fused-ring (bicyclic) bond motifs is 28. The van der Waals surface area contributed by atoms with E-state index in [4.69, 9.17) is 4.98 Å². The van der Waals surface area contributed by atoms with Crippen molar-refractivity contribution < 1.29 is 0 Å². The third kappa shape index (κ3) is 11.9. The van der Waals surface area contributed by atoms with Gasteiger partial charge in [0.15, 0.2) is 22.6 Å². The molecule has 12 heteroatoms. The molecular weight excluding hydrogens is 1670 g/mol. The van der Waals surface area contributed by atoms with Gasteiger partial charge < -0.3 is 17.6 Å². The number of rotatable bonds is 7. The summed E-state index contributed by atoms with van der Waals surface area (Å²) in [7, 11) is 0. The molecule has 0 unspecified atom stereocenters. The molecule has 0 atom stereocenters. The van der Waals surface area contributed by atoms with Crippen LogP contribution in [-0.2, 0) is 0 Å². The van der Waals surface area contributed by atoms with Crippen molar-refractivity contribution in [1.82, 2.24) is 57.5 Å². The number of hydrogen-bond acceptors (Lipinski definition) is 8. The number of hydrogen-bond donors (Lipinski definition) is 0. The van der Waals surface area contributed by atoms with Gasteiger partial charge >= 0.3 is 0 Å². The van der Waals surface area contributed by atoms with E-state index < -0.39 is 0 Å². The predicted molar refractivity (Wildman–Crippen MR) is 569 cm³/mol. The number of benzene rings is 15. The van der Waals surface area contributed by atoms with Crippen molar-refractivity contribution in [3.8, 4) is 78.0 Å². The minimum atomic E-state index is 0.767. The molecule has 0 fully saturated rings. The lowest BCUT2D eigenvalue weighted by molar-refractivity contribution is 1.20. The van der Waals surface area contributed by atoms with Crippen molar-refractivity contribution >= 4 is 197 Å². The van der Waals surface area contributed by atoms with Crippen molar-refractivity contribution in [3.63, 3.8) is 0 Å². The van der Waals surface area contributed by atoms with Gasteiger partial charge in [0.05, 0.1) is 71.9 Å². The third-order valence-corrected chi connectivity index (χ3v) is 28.3. The van der Waals surface area contributed by atoms with E-state index in [0.29, 0.717) is 0 Å². The second-order valence-corrected chi connectivity index (χ2v) is 36.1. The minimum Gasteiger partial charge on any atom is -0.308 e. The maximum atomic E-state index is 4.91. The van der Waals surface area contributed by atoms with Gasteiger partial charge in [-0.3, -0.25) is 0 Å². The normalized spacial score (nSPS) is 12.1. The SMILES string of the molecule is Cc1cc(-c2cc3c4ccccc4n4c5ccc(-c6ccccc6)cc5c(c2)c34)c2cccnc2n1.Cc1cc(-c2ccc(-c3ccc4c5ccccc5n5c6ccccc6c3c45)cc2)c2cccnc2n1.Cc1cc(-c2ccc3c4ccccc4n4c5ccccc5c2c34)c2cccnc2n1.c1ccc(-c2cc(-c3cc4c5ccccc5n5c6ccccc6c(c3)c45)c3cccnc3n2)cc1. The molecule has 16 heterocycles. The molecule has 0 aliphatic rings. The minimum absolute atomic E-state index is 0.767. The zero-order valence-electron chi connectivity index (χ0n) is 74.7. The lowest BCUT2D eigenvalue weighted by Crippen LogP contribution is -1.92. The van der Waals surface area contributed by atoms with Crippen molar-refractivity contribution in [3.05, 3.63) is 436 Å². The largest absolute Gasteiger partial charge is 0.308 e. The number of pyridine rings is 8. The van der Waals surface area contributed by atoms with Gasteiger partial charge in [0.25, 0.3) is 0 Å². The van der Waals surface area contributed by atoms with E-state index in [0.717, 1.165) is 78.0 Å². The van der Waals surface area contributed by atoms with Crippen LogP contribution in [0.2, 0.25) is 0 Å². The number of aryl methyl sites for hydroxylation is 3. The first-order valence-electron chi connectivity index (χ1n) is 46.6. The van der Waals surface area contributed by atoms with Crippen LogP contribution >= 0.6 is 0 Å². The number of nitrogens with zero attached hydrogens (tertiary/aromatic N) is 12. The molecule has 15 aromatic carbocycles. The van der Waals surface area contributed by atoms with Gasteiger partial charge in [0.2, 0.25) is 0 Å². The molecule has 0 aliphatic carbocycles. The Morgan fingerprint density at radius 1 is 0.161 bits per heavy atom. The van der Waals surface area contributed by atoms with E-state index in [1.807, 2.05) is 69.7 Å². The Balaban J connectivity index is 0.0000000905. The molecule has 0 N–H and O–H groups in total. The molecule has 0 radical (unpaired) electrons. The number of aromatic nitrogens is 12. The molecule has 31 aromatic rings. The highest BCUT2D eigenvalue weighted by atomic mass is 14.9. The topological polar surface area (TPSA) is 121 Å². The molecule has 0 saturated carbocycles. The Bertz CT molecular complexity index is 10300. The van der Waals surface area contributed by atoms with E-state index in [9.17, 15) is 0 Å². The number of para-hydroxylation sites is 7. The zero-order chi connectivity index (χ0) is 90.4. The molecule has 638 valence electrons. The second kappa shape index (κ2) is 30.4. The summed E-state index contributed by atoms with van der Waals surface area (Å²) in [5.41, 5.74) is 37.7. The summed E-state index contributed by atoms with van der Waals surface area (Å²) in [6.45, 7) is 6.11. The van der Waals surface area contributed by atoms with Gasteiger partial charge in [-0.15, -0.1) is 0 Å². The van der Waals surface area contributed by atoms with Gasteiger partial charge in [0.1, 0.15) is 0 Å². The summed E-state index contributed by atoms with van der Waals surface area (Å²) in [6.07, 6.45) is 7.25. The Morgan fingerprint density at radius 3 is 0.891 bits per heavy atom. The molecule has 0 aliphatic heterocycles. The molecule has 16 aromatic heterocycles. The fourth-order valence-corrected chi connectivity index (χ4v) is 22.6. The van der Waals surface area contributed by atoms with Gasteiger partial charge in [-0.25, -0.2) is 39.9 Å². The van der Waals surface area contributed by atoms with Crippen molar-refractivity contribution in [2.45, 2.75) is 20.8 Å². The highest BCUT2D eigenvalue weighted by Crippen LogP contribution is 2.51. The summed E-state index contributed by atoms with van der Waals surface area (Å²) in [4.78, 5) is 37.0. The van der Waals surface area contributed by atoms with Crippen LogP contribution in [0.15, 0.2) is 419 Å². The fourth-order valence-electron chi connectivity index (χ4n) is 22.6. The van der Waals surface area contributed by atoms with E-state index in [2.05, 4.69) is 416 Å². The average molecular weight is 1750 g/mol. The van der Waals surface area contributed by atoms with Gasteiger partial charge in [-0.1, -0.05) is 243 Å². The van der Waals surface area contributed by atoms with Crippen LogP contribution < -0.4 is 0 Å². The van der Waals surface area contributed by atoms with E-state index in [1.165, 1.54) is 214 Å². The highest BCUT2D eigenvalue weighted by Gasteiger charge is 2.27.